The Balaban J connectivity index is 1.45. The van der Waals surface area contributed by atoms with Gasteiger partial charge in [-0.3, -0.25) is 4.79 Å². The van der Waals surface area contributed by atoms with Crippen molar-refractivity contribution in [3.05, 3.63) is 88.2 Å². The van der Waals surface area contributed by atoms with Gasteiger partial charge in [-0.05, 0) is 31.0 Å². The average Bonchev–Trinajstić information content (AvgIpc) is 3.63. The van der Waals surface area contributed by atoms with E-state index >= 15 is 8.78 Å². The maximum absolute atomic E-state index is 16.5. The molecule has 3 aliphatic heterocycles. The van der Waals surface area contributed by atoms with Crippen LogP contribution in [-0.2, 0) is 12.0 Å². The van der Waals surface area contributed by atoms with E-state index in [4.69, 9.17) is 31.5 Å². The molecule has 11 heteroatoms. The standard InChI is InChI=1S/C29H21ClF2N4O4/c30-23-17(31)12-18-16(13-29(40-18,20-7-4-8-34-20)14-5-2-1-3-6-14)21(23)22-15(26(33)37)11-19-25(24(22)32)39-28-27(38-19)35-9-10-36-28/h1-3,5-6,9-12,20,34H,4,7-8,13H2,(H2,33,37)/t20-,29-/m0/s1. The number of nitrogens with zero attached hydrogens (tertiary/aromatic N) is 2. The highest BCUT2D eigenvalue weighted by Crippen LogP contribution is 2.54. The zero-order valence-electron chi connectivity index (χ0n) is 20.8. The number of aromatic nitrogens is 2. The molecule has 1 saturated heterocycles. The van der Waals surface area contributed by atoms with E-state index in [1.165, 1.54) is 24.5 Å². The minimum absolute atomic E-state index is 0.00708. The molecule has 0 saturated carbocycles. The predicted molar refractivity (Wildman–Crippen MR) is 141 cm³/mol. The molecular weight excluding hydrogens is 542 g/mol. The van der Waals surface area contributed by atoms with Crippen molar-refractivity contribution in [3.63, 3.8) is 0 Å². The Hall–Kier alpha value is -4.28. The van der Waals surface area contributed by atoms with Crippen LogP contribution >= 0.6 is 11.6 Å². The number of benzene rings is 3. The monoisotopic (exact) mass is 562 g/mol. The summed E-state index contributed by atoms with van der Waals surface area (Å²) in [4.78, 5) is 20.7. The Morgan fingerprint density at radius 2 is 1.80 bits per heavy atom. The first-order valence-corrected chi connectivity index (χ1v) is 13.1. The lowest BCUT2D eigenvalue weighted by molar-refractivity contribution is 0.0539. The molecule has 7 rings (SSSR count). The molecule has 1 aromatic heterocycles. The number of hydrogen-bond donors (Lipinski definition) is 2. The molecule has 0 aliphatic carbocycles. The van der Waals surface area contributed by atoms with Crippen molar-refractivity contribution >= 4 is 17.5 Å². The molecule has 0 unspecified atom stereocenters. The van der Waals surface area contributed by atoms with Gasteiger partial charge in [-0.25, -0.2) is 18.7 Å². The Kier molecular flexibility index (Phi) is 5.65. The highest BCUT2D eigenvalue weighted by atomic mass is 35.5. The largest absolute Gasteiger partial charge is 0.480 e. The molecule has 4 heterocycles. The molecule has 0 spiro atoms. The molecule has 8 nitrogen and oxygen atoms in total. The second kappa shape index (κ2) is 9.14. The number of halogens is 3. The molecule has 4 aromatic rings. The Labute approximate surface area is 232 Å². The summed E-state index contributed by atoms with van der Waals surface area (Å²) in [6, 6.07) is 11.9. The van der Waals surface area contributed by atoms with E-state index in [0.717, 1.165) is 24.9 Å². The first kappa shape index (κ1) is 24.7. The van der Waals surface area contributed by atoms with Crippen LogP contribution in [0.25, 0.3) is 11.1 Å². The van der Waals surface area contributed by atoms with Gasteiger partial charge in [0.05, 0.1) is 16.6 Å². The minimum Gasteiger partial charge on any atom is -0.480 e. The summed E-state index contributed by atoms with van der Waals surface area (Å²) < 4.78 is 49.8. The van der Waals surface area contributed by atoms with Crippen LogP contribution in [0.5, 0.6) is 29.0 Å². The number of carbonyl (C=O) groups excluding carboxylic acids is 1. The van der Waals surface area contributed by atoms with Crippen LogP contribution in [-0.4, -0.2) is 28.5 Å². The fourth-order valence-corrected chi connectivity index (χ4v) is 6.16. The summed E-state index contributed by atoms with van der Waals surface area (Å²) in [6.07, 6.45) is 4.73. The zero-order chi connectivity index (χ0) is 27.6. The first-order valence-electron chi connectivity index (χ1n) is 12.7. The maximum atomic E-state index is 16.5. The molecule has 0 radical (unpaired) electrons. The van der Waals surface area contributed by atoms with Gasteiger partial charge >= 0.3 is 0 Å². The van der Waals surface area contributed by atoms with Crippen LogP contribution in [0.15, 0.2) is 54.9 Å². The van der Waals surface area contributed by atoms with E-state index in [1.54, 1.807) is 0 Å². The lowest BCUT2D eigenvalue weighted by Crippen LogP contribution is -2.48. The van der Waals surface area contributed by atoms with Crippen LogP contribution in [0.1, 0.15) is 34.3 Å². The Morgan fingerprint density at radius 3 is 2.50 bits per heavy atom. The fraction of sp³-hybridized carbons (Fsp3) is 0.207. The highest BCUT2D eigenvalue weighted by Gasteiger charge is 2.50. The third-order valence-electron chi connectivity index (χ3n) is 7.64. The minimum atomic E-state index is -1.01. The molecule has 2 atom stereocenters. The van der Waals surface area contributed by atoms with Crippen molar-refractivity contribution in [2.75, 3.05) is 6.54 Å². The summed E-state index contributed by atoms with van der Waals surface area (Å²) in [5.74, 6) is -3.16. The van der Waals surface area contributed by atoms with Crippen molar-refractivity contribution in [1.29, 1.82) is 0 Å². The molecule has 3 aromatic carbocycles. The van der Waals surface area contributed by atoms with Crippen LogP contribution in [0, 0.1) is 11.6 Å². The topological polar surface area (TPSA) is 109 Å². The number of amides is 1. The van der Waals surface area contributed by atoms with Gasteiger partial charge in [0.1, 0.15) is 11.6 Å². The predicted octanol–water partition coefficient (Wildman–Crippen LogP) is 5.65. The van der Waals surface area contributed by atoms with E-state index in [0.29, 0.717) is 5.56 Å². The van der Waals surface area contributed by atoms with Gasteiger partial charge in [0.25, 0.3) is 11.8 Å². The van der Waals surface area contributed by atoms with Crippen molar-refractivity contribution < 1.29 is 27.8 Å². The summed E-state index contributed by atoms with van der Waals surface area (Å²) in [5.41, 5.74) is 5.51. The summed E-state index contributed by atoms with van der Waals surface area (Å²) >= 11 is 6.56. The van der Waals surface area contributed by atoms with Gasteiger partial charge in [0, 0.05) is 41.6 Å². The van der Waals surface area contributed by atoms with Crippen molar-refractivity contribution in [2.24, 2.45) is 5.73 Å². The molecule has 1 fully saturated rings. The van der Waals surface area contributed by atoms with Gasteiger partial charge in [0.15, 0.2) is 17.2 Å². The summed E-state index contributed by atoms with van der Waals surface area (Å²) in [7, 11) is 0. The van der Waals surface area contributed by atoms with Crippen molar-refractivity contribution in [3.8, 4) is 40.1 Å². The Bertz CT molecular complexity index is 1700. The number of rotatable bonds is 4. The van der Waals surface area contributed by atoms with Gasteiger partial charge in [-0.2, -0.15) is 0 Å². The van der Waals surface area contributed by atoms with Crippen LogP contribution in [0.3, 0.4) is 0 Å². The van der Waals surface area contributed by atoms with Crippen molar-refractivity contribution in [2.45, 2.75) is 30.9 Å². The molecular formula is C29H21ClF2N4O4. The molecule has 202 valence electrons. The van der Waals surface area contributed by atoms with Crippen LogP contribution in [0.4, 0.5) is 8.78 Å². The van der Waals surface area contributed by atoms with Crippen LogP contribution < -0.4 is 25.3 Å². The van der Waals surface area contributed by atoms with E-state index < -0.39 is 23.1 Å². The summed E-state index contributed by atoms with van der Waals surface area (Å²) in [5, 5.41) is 3.13. The Morgan fingerprint density at radius 1 is 1.05 bits per heavy atom. The number of nitrogens with two attached hydrogens (primary N) is 1. The second-order valence-electron chi connectivity index (χ2n) is 9.88. The molecule has 0 bridgehead atoms. The number of fused-ring (bicyclic) bond motifs is 3. The van der Waals surface area contributed by atoms with Gasteiger partial charge in [0.2, 0.25) is 11.7 Å². The smallest absolute Gasteiger partial charge is 0.284 e. The quantitative estimate of drug-likeness (QED) is 0.291. The first-order chi connectivity index (χ1) is 19.4. The van der Waals surface area contributed by atoms with E-state index in [-0.39, 0.29) is 63.2 Å². The normalized spacial score (nSPS) is 20.5. The summed E-state index contributed by atoms with van der Waals surface area (Å²) in [6.45, 7) is 0.800. The lowest BCUT2D eigenvalue weighted by atomic mass is 9.80. The maximum Gasteiger partial charge on any atom is 0.284 e. The number of carbonyl (C=O) groups is 1. The third kappa shape index (κ3) is 3.63. The van der Waals surface area contributed by atoms with E-state index in [1.807, 2.05) is 30.3 Å². The SMILES string of the molecule is NC(=O)c1cc2c(c(F)c1-c1c(Cl)c(F)cc3c1C[C@](c1ccccc1)([C@@H]1CCCN1)O3)Oc1nccnc1O2. The highest BCUT2D eigenvalue weighted by molar-refractivity contribution is 6.34. The number of ether oxygens (including phenoxy) is 3. The average molecular weight is 563 g/mol. The number of hydrogen-bond acceptors (Lipinski definition) is 7. The third-order valence-corrected chi connectivity index (χ3v) is 8.01. The van der Waals surface area contributed by atoms with Gasteiger partial charge in [-0.1, -0.05) is 41.9 Å². The zero-order valence-corrected chi connectivity index (χ0v) is 21.6. The van der Waals surface area contributed by atoms with Gasteiger partial charge < -0.3 is 25.3 Å². The fourth-order valence-electron chi connectivity index (χ4n) is 5.89. The molecule has 1 amide bonds. The molecule has 40 heavy (non-hydrogen) atoms. The van der Waals surface area contributed by atoms with Gasteiger partial charge in [-0.15, -0.1) is 0 Å². The van der Waals surface area contributed by atoms with E-state index in [2.05, 4.69) is 15.3 Å². The second-order valence-corrected chi connectivity index (χ2v) is 10.3. The van der Waals surface area contributed by atoms with Crippen molar-refractivity contribution in [1.82, 2.24) is 15.3 Å². The lowest BCUT2D eigenvalue weighted by Gasteiger charge is -2.35. The molecule has 3 N–H and O–H groups in total. The molecule has 3 aliphatic rings. The van der Waals surface area contributed by atoms with E-state index in [9.17, 15) is 4.79 Å². The van der Waals surface area contributed by atoms with Crippen LogP contribution in [0.2, 0.25) is 5.02 Å². The number of primary amides is 1. The number of nitrogens with one attached hydrogen (secondary N) is 1.